The second-order valence-electron chi connectivity index (χ2n) is 9.13. The molecule has 1 aliphatic heterocycles. The molecular weight excluding hydrogens is 370 g/mol. The summed E-state index contributed by atoms with van der Waals surface area (Å²) in [7, 11) is 0. The van der Waals surface area contributed by atoms with E-state index in [2.05, 4.69) is 16.0 Å². The van der Waals surface area contributed by atoms with Crippen molar-refractivity contribution in [3.63, 3.8) is 0 Å². The minimum atomic E-state index is -1.12. The van der Waals surface area contributed by atoms with Crippen LogP contribution in [-0.4, -0.2) is 36.1 Å². The molecule has 2 fully saturated rings. The number of anilines is 1. The van der Waals surface area contributed by atoms with Gasteiger partial charge in [-0.05, 0) is 57.7 Å². The van der Waals surface area contributed by atoms with Crippen LogP contribution in [0, 0.1) is 10.8 Å². The van der Waals surface area contributed by atoms with E-state index in [0.717, 1.165) is 5.56 Å². The van der Waals surface area contributed by atoms with E-state index in [4.69, 9.17) is 4.74 Å². The molecule has 2 atom stereocenters. The molecule has 1 unspecified atom stereocenters. The van der Waals surface area contributed by atoms with Gasteiger partial charge in [-0.25, -0.2) is 4.79 Å². The lowest BCUT2D eigenvalue weighted by Gasteiger charge is -2.35. The summed E-state index contributed by atoms with van der Waals surface area (Å²) >= 11 is 0. The van der Waals surface area contributed by atoms with Crippen LogP contribution in [0.4, 0.5) is 10.5 Å². The fraction of sp³-hybridized carbons (Fsp3) is 0.591. The zero-order valence-electron chi connectivity index (χ0n) is 17.8. The Kier molecular flexibility index (Phi) is 5.36. The third-order valence-electron chi connectivity index (χ3n) is 6.78. The number of hydrogen-bond donors (Lipinski definition) is 3. The molecule has 1 aliphatic carbocycles. The fourth-order valence-corrected chi connectivity index (χ4v) is 4.37. The number of esters is 1. The van der Waals surface area contributed by atoms with Crippen LogP contribution in [0.1, 0.15) is 53.0 Å². The van der Waals surface area contributed by atoms with Gasteiger partial charge in [0.25, 0.3) is 5.91 Å². The molecule has 0 radical (unpaired) electrons. The van der Waals surface area contributed by atoms with Crippen LogP contribution < -0.4 is 16.0 Å². The summed E-state index contributed by atoms with van der Waals surface area (Å²) in [5, 5.41) is 8.51. The molecule has 3 amide bonds. The van der Waals surface area contributed by atoms with Crippen LogP contribution in [0.5, 0.6) is 0 Å². The molecule has 0 aromatic heterocycles. The highest BCUT2D eigenvalue weighted by Crippen LogP contribution is 2.65. The number of hydrogen-bond acceptors (Lipinski definition) is 4. The van der Waals surface area contributed by atoms with Crippen LogP contribution >= 0.6 is 0 Å². The Labute approximate surface area is 172 Å². The van der Waals surface area contributed by atoms with Gasteiger partial charge in [0.1, 0.15) is 0 Å². The number of benzene rings is 1. The van der Waals surface area contributed by atoms with Gasteiger partial charge in [0.15, 0.2) is 5.60 Å². The Morgan fingerprint density at radius 2 is 1.76 bits per heavy atom. The second-order valence-corrected chi connectivity index (χ2v) is 9.13. The van der Waals surface area contributed by atoms with Gasteiger partial charge in [-0.1, -0.05) is 26.0 Å². The van der Waals surface area contributed by atoms with Gasteiger partial charge >= 0.3 is 12.0 Å². The van der Waals surface area contributed by atoms with E-state index in [1.165, 1.54) is 0 Å². The van der Waals surface area contributed by atoms with Gasteiger partial charge in [-0.15, -0.1) is 0 Å². The van der Waals surface area contributed by atoms with Gasteiger partial charge < -0.3 is 20.7 Å². The summed E-state index contributed by atoms with van der Waals surface area (Å²) in [6, 6.07) is 7.41. The summed E-state index contributed by atoms with van der Waals surface area (Å²) in [5.41, 5.74) is -0.601. The van der Waals surface area contributed by atoms with Crippen LogP contribution in [0.25, 0.3) is 0 Å². The molecule has 7 heteroatoms. The SMILES string of the molecule is CC(C)NC(=O)NCCc1ccc(NC(=O)C23CC[C@@](C)(C(=O)O2)C3(C)C)cc1. The average molecular weight is 402 g/mol. The van der Waals surface area contributed by atoms with Crippen molar-refractivity contribution in [1.29, 1.82) is 0 Å². The third kappa shape index (κ3) is 3.47. The number of nitrogens with one attached hydrogen (secondary N) is 3. The normalized spacial score (nSPS) is 26.9. The number of ether oxygens (including phenoxy) is 1. The molecule has 0 spiro atoms. The van der Waals surface area contributed by atoms with E-state index in [1.807, 2.05) is 58.9 Å². The highest BCUT2D eigenvalue weighted by Gasteiger charge is 2.75. The Morgan fingerprint density at radius 3 is 2.28 bits per heavy atom. The van der Waals surface area contributed by atoms with Crippen LogP contribution in [0.3, 0.4) is 0 Å². The summed E-state index contributed by atoms with van der Waals surface area (Å²) in [6.07, 6.45) is 1.88. The van der Waals surface area contributed by atoms with E-state index in [-0.39, 0.29) is 23.9 Å². The molecule has 3 rings (SSSR count). The lowest BCUT2D eigenvalue weighted by atomic mass is 9.66. The Balaban J connectivity index is 1.58. The minimum absolute atomic E-state index is 0.0965. The van der Waals surface area contributed by atoms with Crippen molar-refractivity contribution in [1.82, 2.24) is 10.6 Å². The summed E-state index contributed by atoms with van der Waals surface area (Å²) in [5.74, 6) is -0.551. The first kappa shape index (κ1) is 21.1. The van der Waals surface area contributed by atoms with E-state index >= 15 is 0 Å². The Bertz CT molecular complexity index is 818. The minimum Gasteiger partial charge on any atom is -0.448 e. The van der Waals surface area contributed by atoms with Crippen molar-refractivity contribution in [2.75, 3.05) is 11.9 Å². The van der Waals surface area contributed by atoms with Gasteiger partial charge in [0, 0.05) is 23.7 Å². The molecule has 1 aromatic rings. The first-order valence-corrected chi connectivity index (χ1v) is 10.2. The molecule has 7 nitrogen and oxygen atoms in total. The number of rotatable bonds is 6. The standard InChI is InChI=1S/C22H31N3O4/c1-14(2)24-19(28)23-13-10-15-6-8-16(9-7-15)25-17(26)22-12-11-21(5,18(27)29-22)20(22,3)4/h6-9,14H,10-13H2,1-5H3,(H,25,26)(H2,23,24,28)/t21-,22?/m0/s1. The van der Waals surface area contributed by atoms with E-state index < -0.39 is 16.4 Å². The zero-order chi connectivity index (χ0) is 21.4. The van der Waals surface area contributed by atoms with Crippen molar-refractivity contribution in [3.8, 4) is 0 Å². The highest BCUT2D eigenvalue weighted by atomic mass is 16.6. The molecule has 3 N–H and O–H groups in total. The first-order valence-electron chi connectivity index (χ1n) is 10.2. The third-order valence-corrected chi connectivity index (χ3v) is 6.78. The predicted molar refractivity (Wildman–Crippen MR) is 110 cm³/mol. The maximum atomic E-state index is 13.1. The molecule has 29 heavy (non-hydrogen) atoms. The van der Waals surface area contributed by atoms with Crippen molar-refractivity contribution >= 4 is 23.6 Å². The predicted octanol–water partition coefficient (Wildman–Crippen LogP) is 3.00. The van der Waals surface area contributed by atoms with Crippen molar-refractivity contribution < 1.29 is 19.1 Å². The highest BCUT2D eigenvalue weighted by molar-refractivity contribution is 6.03. The maximum absolute atomic E-state index is 13.1. The van der Waals surface area contributed by atoms with Crippen molar-refractivity contribution in [2.45, 2.75) is 65.5 Å². The van der Waals surface area contributed by atoms with E-state index in [1.54, 1.807) is 0 Å². The molecule has 1 heterocycles. The van der Waals surface area contributed by atoms with Crippen molar-refractivity contribution in [2.24, 2.45) is 10.8 Å². The quantitative estimate of drug-likeness (QED) is 0.639. The van der Waals surface area contributed by atoms with Gasteiger partial charge in [0.2, 0.25) is 0 Å². The molecule has 1 saturated heterocycles. The topological polar surface area (TPSA) is 96.5 Å². The number of fused-ring (bicyclic) bond motifs is 2. The number of urea groups is 1. The molecule has 1 saturated carbocycles. The van der Waals surface area contributed by atoms with Gasteiger partial charge in [-0.3, -0.25) is 9.59 Å². The van der Waals surface area contributed by atoms with Crippen LogP contribution in [-0.2, 0) is 20.7 Å². The first-order chi connectivity index (χ1) is 13.5. The zero-order valence-corrected chi connectivity index (χ0v) is 17.8. The van der Waals surface area contributed by atoms with Crippen LogP contribution in [0.15, 0.2) is 24.3 Å². The van der Waals surface area contributed by atoms with E-state index in [0.29, 0.717) is 31.5 Å². The monoisotopic (exact) mass is 401 g/mol. The fourth-order valence-electron chi connectivity index (χ4n) is 4.37. The molecular formula is C22H31N3O4. The number of amides is 3. The van der Waals surface area contributed by atoms with Crippen LogP contribution in [0.2, 0.25) is 0 Å². The second kappa shape index (κ2) is 7.35. The molecule has 158 valence electrons. The Morgan fingerprint density at radius 1 is 1.10 bits per heavy atom. The lowest BCUT2D eigenvalue weighted by Crippen LogP contribution is -2.50. The summed E-state index contributed by atoms with van der Waals surface area (Å²) in [6.45, 7) is 10.1. The Hall–Kier alpha value is -2.57. The summed E-state index contributed by atoms with van der Waals surface area (Å²) < 4.78 is 5.63. The molecule has 2 aliphatic rings. The van der Waals surface area contributed by atoms with Gasteiger partial charge in [0.05, 0.1) is 5.41 Å². The van der Waals surface area contributed by atoms with Crippen molar-refractivity contribution in [3.05, 3.63) is 29.8 Å². The maximum Gasteiger partial charge on any atom is 0.314 e. The summed E-state index contributed by atoms with van der Waals surface area (Å²) in [4.78, 5) is 37.0. The molecule has 1 aromatic carbocycles. The lowest BCUT2D eigenvalue weighted by molar-refractivity contribution is -0.165. The van der Waals surface area contributed by atoms with E-state index in [9.17, 15) is 14.4 Å². The average Bonchev–Trinajstić information content (AvgIpc) is 2.93. The smallest absolute Gasteiger partial charge is 0.314 e. The van der Waals surface area contributed by atoms with Gasteiger partial charge in [-0.2, -0.15) is 0 Å². The molecule has 2 bridgehead atoms. The number of carbonyl (C=O) groups is 3. The largest absolute Gasteiger partial charge is 0.448 e. The number of carbonyl (C=O) groups excluding carboxylic acids is 3.